The van der Waals surface area contributed by atoms with E-state index in [4.69, 9.17) is 4.52 Å². The van der Waals surface area contributed by atoms with E-state index in [0.717, 1.165) is 31.1 Å². The number of carbonyl (C=O) groups is 1. The van der Waals surface area contributed by atoms with Gasteiger partial charge in [0.1, 0.15) is 12.1 Å². The Kier molecular flexibility index (Phi) is 4.49. The molecule has 0 saturated carbocycles. The van der Waals surface area contributed by atoms with Gasteiger partial charge in [0.05, 0.1) is 12.2 Å². The highest BCUT2D eigenvalue weighted by atomic mass is 16.5. The zero-order valence-corrected chi connectivity index (χ0v) is 14.6. The largest absolute Gasteiger partial charge is 0.360 e. The summed E-state index contributed by atoms with van der Waals surface area (Å²) in [5.41, 5.74) is 1.53. The fraction of sp³-hybridized carbons (Fsp3) is 0.333. The van der Waals surface area contributed by atoms with Crippen molar-refractivity contribution in [1.29, 1.82) is 0 Å². The fourth-order valence-electron chi connectivity index (χ4n) is 3.09. The maximum atomic E-state index is 12.8. The summed E-state index contributed by atoms with van der Waals surface area (Å²) in [7, 11) is 0. The number of hydrogen-bond donors (Lipinski definition) is 0. The third kappa shape index (κ3) is 3.50. The van der Waals surface area contributed by atoms with Gasteiger partial charge in [-0.25, -0.2) is 9.97 Å². The molecule has 0 bridgehead atoms. The molecule has 1 saturated heterocycles. The molecule has 134 valence electrons. The van der Waals surface area contributed by atoms with Gasteiger partial charge in [-0.15, -0.1) is 0 Å². The van der Waals surface area contributed by atoms with Gasteiger partial charge >= 0.3 is 0 Å². The fourth-order valence-corrected chi connectivity index (χ4v) is 3.09. The lowest BCUT2D eigenvalue weighted by Crippen LogP contribution is -2.48. The molecule has 1 fully saturated rings. The van der Waals surface area contributed by atoms with Gasteiger partial charge in [0.25, 0.3) is 5.91 Å². The van der Waals surface area contributed by atoms with Crippen LogP contribution in [0.5, 0.6) is 0 Å². The number of aryl methyl sites for hydroxylation is 1. The molecule has 4 heterocycles. The molecule has 1 aliphatic rings. The molecule has 26 heavy (non-hydrogen) atoms. The van der Waals surface area contributed by atoms with Crippen LogP contribution in [0.4, 0.5) is 0 Å². The Labute approximate surface area is 151 Å². The Bertz CT molecular complexity index is 881. The number of rotatable bonds is 4. The van der Waals surface area contributed by atoms with Crippen LogP contribution in [0.25, 0.3) is 5.82 Å². The predicted octanol–water partition coefficient (Wildman–Crippen LogP) is 1.52. The molecule has 8 heteroatoms. The molecule has 1 amide bonds. The second-order valence-corrected chi connectivity index (χ2v) is 6.38. The van der Waals surface area contributed by atoms with Crippen LogP contribution in [0.2, 0.25) is 0 Å². The van der Waals surface area contributed by atoms with E-state index in [1.165, 1.54) is 0 Å². The van der Waals surface area contributed by atoms with Gasteiger partial charge < -0.3 is 9.42 Å². The average molecular weight is 352 g/mol. The smallest absolute Gasteiger partial charge is 0.254 e. The number of aromatic nitrogens is 4. The van der Waals surface area contributed by atoms with E-state index in [1.807, 2.05) is 17.9 Å². The predicted molar refractivity (Wildman–Crippen MR) is 93.8 cm³/mol. The third-order valence-corrected chi connectivity index (χ3v) is 4.48. The Morgan fingerprint density at radius 3 is 2.73 bits per heavy atom. The van der Waals surface area contributed by atoms with E-state index >= 15 is 0 Å². The Hall–Kier alpha value is -3.00. The van der Waals surface area contributed by atoms with Crippen molar-refractivity contribution in [3.05, 3.63) is 60.1 Å². The first-order valence-electron chi connectivity index (χ1n) is 8.57. The molecular weight excluding hydrogens is 332 g/mol. The molecule has 0 radical (unpaired) electrons. The Morgan fingerprint density at radius 1 is 1.19 bits per heavy atom. The molecule has 8 nitrogen and oxygen atoms in total. The summed E-state index contributed by atoms with van der Waals surface area (Å²) in [6.07, 6.45) is 6.82. The van der Waals surface area contributed by atoms with Crippen LogP contribution in [-0.2, 0) is 6.54 Å². The van der Waals surface area contributed by atoms with Crippen molar-refractivity contribution in [2.24, 2.45) is 0 Å². The van der Waals surface area contributed by atoms with Gasteiger partial charge in [-0.2, -0.15) is 0 Å². The van der Waals surface area contributed by atoms with E-state index in [1.54, 1.807) is 41.6 Å². The Balaban J connectivity index is 1.38. The van der Waals surface area contributed by atoms with E-state index < -0.39 is 0 Å². The topological polar surface area (TPSA) is 80.3 Å². The van der Waals surface area contributed by atoms with Crippen LogP contribution in [0.15, 0.2) is 47.6 Å². The molecule has 0 spiro atoms. The van der Waals surface area contributed by atoms with Crippen molar-refractivity contribution in [2.45, 2.75) is 13.5 Å². The maximum absolute atomic E-state index is 12.8. The molecule has 3 aromatic rings. The van der Waals surface area contributed by atoms with Gasteiger partial charge in [0.2, 0.25) is 0 Å². The minimum atomic E-state index is 0.0314. The average Bonchev–Trinajstić information content (AvgIpc) is 3.34. The lowest BCUT2D eigenvalue weighted by Gasteiger charge is -2.34. The zero-order valence-electron chi connectivity index (χ0n) is 14.6. The zero-order chi connectivity index (χ0) is 17.9. The molecule has 4 rings (SSSR count). The number of imidazole rings is 1. The minimum Gasteiger partial charge on any atom is -0.360 e. The SMILES string of the molecule is Cc1cc(CN2CCN(C(=O)c3ccnc(-n4ccnc4)c3)CC2)on1. The molecule has 0 aromatic carbocycles. The Morgan fingerprint density at radius 2 is 2.04 bits per heavy atom. The molecule has 3 aromatic heterocycles. The van der Waals surface area contributed by atoms with Gasteiger partial charge in [0.15, 0.2) is 5.76 Å². The standard InChI is InChI=1S/C18H20N6O2/c1-14-10-16(26-21-14)12-22-6-8-23(9-7-22)18(25)15-2-3-20-17(11-15)24-5-4-19-13-24/h2-5,10-11,13H,6-9,12H2,1H3. The van der Waals surface area contributed by atoms with E-state index in [9.17, 15) is 4.79 Å². The number of hydrogen-bond acceptors (Lipinski definition) is 6. The van der Waals surface area contributed by atoms with Crippen molar-refractivity contribution in [3.63, 3.8) is 0 Å². The third-order valence-electron chi connectivity index (χ3n) is 4.48. The van der Waals surface area contributed by atoms with Gasteiger partial charge in [-0.1, -0.05) is 5.16 Å². The molecule has 0 aliphatic carbocycles. The first kappa shape index (κ1) is 16.5. The highest BCUT2D eigenvalue weighted by molar-refractivity contribution is 5.94. The van der Waals surface area contributed by atoms with Gasteiger partial charge in [-0.05, 0) is 19.1 Å². The first-order chi connectivity index (χ1) is 12.7. The highest BCUT2D eigenvalue weighted by Crippen LogP contribution is 2.14. The molecule has 0 atom stereocenters. The second kappa shape index (κ2) is 7.09. The number of piperazine rings is 1. The number of amides is 1. The normalized spacial score (nSPS) is 15.3. The number of carbonyl (C=O) groups excluding carboxylic acids is 1. The molecular formula is C18H20N6O2. The minimum absolute atomic E-state index is 0.0314. The summed E-state index contributed by atoms with van der Waals surface area (Å²) in [6.45, 7) is 5.64. The number of pyridine rings is 1. The quantitative estimate of drug-likeness (QED) is 0.708. The van der Waals surface area contributed by atoms with Crippen molar-refractivity contribution in [2.75, 3.05) is 26.2 Å². The monoisotopic (exact) mass is 352 g/mol. The van der Waals surface area contributed by atoms with Crippen molar-refractivity contribution in [3.8, 4) is 5.82 Å². The lowest BCUT2D eigenvalue weighted by molar-refractivity contribution is 0.0617. The first-order valence-corrected chi connectivity index (χ1v) is 8.57. The summed E-state index contributed by atoms with van der Waals surface area (Å²) in [5.74, 6) is 1.58. The van der Waals surface area contributed by atoms with Crippen LogP contribution >= 0.6 is 0 Å². The summed E-state index contributed by atoms with van der Waals surface area (Å²) in [5, 5.41) is 3.92. The second-order valence-electron chi connectivity index (χ2n) is 6.38. The lowest BCUT2D eigenvalue weighted by atomic mass is 10.2. The van der Waals surface area contributed by atoms with Crippen molar-refractivity contribution >= 4 is 5.91 Å². The van der Waals surface area contributed by atoms with Gasteiger partial charge in [0, 0.05) is 56.4 Å². The van der Waals surface area contributed by atoms with Crippen LogP contribution in [0.3, 0.4) is 0 Å². The molecule has 1 aliphatic heterocycles. The maximum Gasteiger partial charge on any atom is 0.254 e. The molecule has 0 unspecified atom stereocenters. The summed E-state index contributed by atoms with van der Waals surface area (Å²) < 4.78 is 7.06. The van der Waals surface area contributed by atoms with Gasteiger partial charge in [-0.3, -0.25) is 14.3 Å². The highest BCUT2D eigenvalue weighted by Gasteiger charge is 2.23. The van der Waals surface area contributed by atoms with Crippen LogP contribution in [0, 0.1) is 6.92 Å². The van der Waals surface area contributed by atoms with E-state index in [-0.39, 0.29) is 5.91 Å². The van der Waals surface area contributed by atoms with Crippen LogP contribution in [-0.4, -0.2) is 61.6 Å². The summed E-state index contributed by atoms with van der Waals surface area (Å²) >= 11 is 0. The van der Waals surface area contributed by atoms with Crippen LogP contribution in [0.1, 0.15) is 21.8 Å². The summed E-state index contributed by atoms with van der Waals surface area (Å²) in [6, 6.07) is 5.51. The number of nitrogens with zero attached hydrogens (tertiary/aromatic N) is 6. The van der Waals surface area contributed by atoms with Crippen LogP contribution < -0.4 is 0 Å². The van der Waals surface area contributed by atoms with E-state index in [2.05, 4.69) is 20.0 Å². The van der Waals surface area contributed by atoms with Crippen molar-refractivity contribution in [1.82, 2.24) is 29.5 Å². The summed E-state index contributed by atoms with van der Waals surface area (Å²) in [4.78, 5) is 25.3. The van der Waals surface area contributed by atoms with Crippen molar-refractivity contribution < 1.29 is 9.32 Å². The van der Waals surface area contributed by atoms with E-state index in [0.29, 0.717) is 24.5 Å². The molecule has 0 N–H and O–H groups in total.